The minimum Gasteiger partial charge on any atom is -0.507 e. The third kappa shape index (κ3) is 11.0. The number of anilines is 1. The van der Waals surface area contributed by atoms with Gasteiger partial charge in [0.2, 0.25) is 0 Å². The van der Waals surface area contributed by atoms with Gasteiger partial charge in [0.25, 0.3) is 0 Å². The first-order valence-electron chi connectivity index (χ1n) is 24.6. The van der Waals surface area contributed by atoms with E-state index >= 15 is 4.79 Å². The molecule has 8 rings (SSSR count). The lowest BCUT2D eigenvalue weighted by atomic mass is 9.66. The topological polar surface area (TPSA) is 195 Å². The number of nitrogens with one attached hydrogen (secondary N) is 2. The highest BCUT2D eigenvalue weighted by Gasteiger charge is 2.49. The molecule has 0 radical (unpaired) electrons. The van der Waals surface area contributed by atoms with Crippen molar-refractivity contribution in [2.75, 3.05) is 25.5 Å². The summed E-state index contributed by atoms with van der Waals surface area (Å²) in [6.07, 6.45) is 4.41. The molecule has 5 aliphatic rings. The molecule has 0 saturated heterocycles. The summed E-state index contributed by atoms with van der Waals surface area (Å²) in [5, 5.41) is 65.7. The van der Waals surface area contributed by atoms with E-state index in [1.807, 2.05) is 55.5 Å². The number of ether oxygens (including phenoxy) is 2. The number of carbonyl (C=O) groups is 3. The molecule has 3 aromatic rings. The van der Waals surface area contributed by atoms with E-state index in [9.17, 15) is 35.1 Å². The minimum atomic E-state index is -1.63. The van der Waals surface area contributed by atoms with Crippen molar-refractivity contribution in [3.05, 3.63) is 99.1 Å². The summed E-state index contributed by atoms with van der Waals surface area (Å²) in [4.78, 5) is 42.6. The number of likely N-dealkylation sites (N-methyl/N-ethyl adjacent to an activating group) is 1. The predicted molar refractivity (Wildman–Crippen MR) is 255 cm³/mol. The number of phenolic OH excluding ortho intramolecular Hbond substituents is 1. The Kier molecular flexibility index (Phi) is 15.2. The van der Waals surface area contributed by atoms with Gasteiger partial charge < -0.3 is 45.6 Å². The quantitative estimate of drug-likeness (QED) is 0.0619. The van der Waals surface area contributed by atoms with Gasteiger partial charge in [-0.2, -0.15) is 0 Å². The summed E-state index contributed by atoms with van der Waals surface area (Å²) in [5.41, 5.74) is 3.75. The molecule has 0 amide bonds. The second-order valence-electron chi connectivity index (χ2n) is 20.0. The van der Waals surface area contributed by atoms with Gasteiger partial charge in [-0.15, -0.1) is 0 Å². The first-order chi connectivity index (χ1) is 32.2. The number of hydrogen-bond acceptors (Lipinski definition) is 12. The number of fused-ring (bicyclic) bond motifs is 8. The van der Waals surface area contributed by atoms with Gasteiger partial charge in [0.05, 0.1) is 30.7 Å². The van der Waals surface area contributed by atoms with Crippen LogP contribution in [0.1, 0.15) is 154 Å². The van der Waals surface area contributed by atoms with Crippen molar-refractivity contribution in [2.24, 2.45) is 11.8 Å². The van der Waals surface area contributed by atoms with Crippen molar-refractivity contribution in [3.8, 4) is 23.3 Å². The molecule has 2 saturated carbocycles. The van der Waals surface area contributed by atoms with Crippen LogP contribution in [0.15, 0.2) is 60.2 Å². The lowest BCUT2D eigenvalue weighted by molar-refractivity contribution is -0.176. The molecular weight excluding hydrogens is 849 g/mol. The van der Waals surface area contributed by atoms with Gasteiger partial charge in [0.15, 0.2) is 0 Å². The van der Waals surface area contributed by atoms with Crippen molar-refractivity contribution < 1.29 is 49.4 Å². The smallest absolute Gasteiger partial charge is 0.334 e. The highest BCUT2D eigenvalue weighted by Crippen LogP contribution is 2.51. The van der Waals surface area contributed by atoms with E-state index < -0.39 is 59.7 Å². The van der Waals surface area contributed by atoms with Crippen LogP contribution in [0.5, 0.6) is 11.5 Å². The molecule has 0 spiro atoms. The lowest BCUT2D eigenvalue weighted by Crippen LogP contribution is -2.54. The van der Waals surface area contributed by atoms with E-state index in [0.717, 1.165) is 43.2 Å². The SMILES string of the molecule is CCCC1(O)C2CCC(=O)C(Cc3cccc(c3)CC(O)C=C3CC(c4cc(NCC(C)O)cc(C(O)CNC)c4)C#CC4CC(=O)Oc5c4cc(c(O)c5C4CCCCC4)CC1OC3=O)C2. The Morgan fingerprint density at radius 3 is 2.39 bits per heavy atom. The summed E-state index contributed by atoms with van der Waals surface area (Å²) >= 11 is 0. The number of aromatic hydroxyl groups is 1. The normalized spacial score (nSPS) is 27.8. The van der Waals surface area contributed by atoms with Gasteiger partial charge in [-0.05, 0) is 123 Å². The molecule has 12 nitrogen and oxygen atoms in total. The summed E-state index contributed by atoms with van der Waals surface area (Å²) in [6, 6.07) is 15.2. The van der Waals surface area contributed by atoms with Crippen LogP contribution in [0.3, 0.4) is 0 Å². The van der Waals surface area contributed by atoms with E-state index in [0.29, 0.717) is 64.9 Å². The molecule has 12 heteroatoms. The molecule has 9 atom stereocenters. The molecule has 67 heavy (non-hydrogen) atoms. The second-order valence-corrected chi connectivity index (χ2v) is 20.0. The molecule has 3 heterocycles. The number of phenols is 1. The molecule has 8 bridgehead atoms. The third-order valence-corrected chi connectivity index (χ3v) is 14.9. The van der Waals surface area contributed by atoms with E-state index in [4.69, 9.17) is 9.47 Å². The van der Waals surface area contributed by atoms with Crippen LogP contribution < -0.4 is 15.4 Å². The predicted octanol–water partition coefficient (Wildman–Crippen LogP) is 7.13. The Hall–Kier alpha value is -5.03. The van der Waals surface area contributed by atoms with Crippen LogP contribution in [0.25, 0.3) is 0 Å². The van der Waals surface area contributed by atoms with E-state index in [-0.39, 0.29) is 80.6 Å². The van der Waals surface area contributed by atoms with Gasteiger partial charge >= 0.3 is 11.9 Å². The fourth-order valence-corrected chi connectivity index (χ4v) is 11.5. The monoisotopic (exact) mass is 916 g/mol. The van der Waals surface area contributed by atoms with Crippen LogP contribution in [0.4, 0.5) is 5.69 Å². The van der Waals surface area contributed by atoms with Crippen molar-refractivity contribution in [1.82, 2.24) is 5.32 Å². The van der Waals surface area contributed by atoms with Gasteiger partial charge in [-0.25, -0.2) is 4.79 Å². The standard InChI is InChI=1S/C55H68N2O10/c1-4-17-55(65)43-15-16-47(60)39(23-43)19-33-9-8-10-34(18-33)20-45(59)26-42-21-36(38-22-40(48(61)31-56-3)25-44(24-38)57-30-32(2)58)13-14-37-29-50(62)67-53-46(37)27-41(28-49(55)66-54(42)64)52(63)51(53)35-11-6-5-7-12-35/h8-10,18,22,24-27,32,35-37,39,43,45,48-49,56-59,61,63,65H,4-7,11-12,15-17,19-21,23,28-31H2,1-3H3. The minimum absolute atomic E-state index is 0.0399. The maximum absolute atomic E-state index is 15.3. The van der Waals surface area contributed by atoms with Gasteiger partial charge in [0, 0.05) is 66.6 Å². The molecule has 9 unspecified atom stereocenters. The van der Waals surface area contributed by atoms with Gasteiger partial charge in [0.1, 0.15) is 29.0 Å². The first-order valence-corrected chi connectivity index (χ1v) is 24.6. The number of hydrogen-bond donors (Lipinski definition) is 7. The summed E-state index contributed by atoms with van der Waals surface area (Å²) < 4.78 is 12.8. The Labute approximate surface area is 394 Å². The van der Waals surface area contributed by atoms with Crippen molar-refractivity contribution >= 4 is 23.4 Å². The summed E-state index contributed by atoms with van der Waals surface area (Å²) in [6.45, 7) is 4.11. The number of Topliss-reactive ketones (excluding diaryl/α,β-unsaturated/α-hetero) is 1. The third-order valence-electron chi connectivity index (χ3n) is 14.9. The molecule has 0 aromatic heterocycles. The maximum atomic E-state index is 15.3. The number of aliphatic hydroxyl groups is 4. The summed E-state index contributed by atoms with van der Waals surface area (Å²) in [7, 11) is 1.74. The van der Waals surface area contributed by atoms with E-state index in [2.05, 4.69) is 22.5 Å². The fourth-order valence-electron chi connectivity index (χ4n) is 11.5. The largest absolute Gasteiger partial charge is 0.507 e. The number of rotatable bonds is 10. The number of esters is 2. The highest BCUT2D eigenvalue weighted by molar-refractivity contribution is 5.89. The number of benzene rings is 3. The van der Waals surface area contributed by atoms with Gasteiger partial charge in [-0.3, -0.25) is 9.59 Å². The maximum Gasteiger partial charge on any atom is 0.334 e. The van der Waals surface area contributed by atoms with Gasteiger partial charge in [-0.1, -0.05) is 74.8 Å². The number of carbonyl (C=O) groups excluding carboxylic acids is 3. The first kappa shape index (κ1) is 48.4. The Morgan fingerprint density at radius 1 is 0.881 bits per heavy atom. The molecule has 3 aromatic carbocycles. The van der Waals surface area contributed by atoms with Crippen molar-refractivity contribution in [2.45, 2.75) is 158 Å². The molecule has 358 valence electrons. The zero-order chi connectivity index (χ0) is 47.4. The van der Waals surface area contributed by atoms with Crippen LogP contribution >= 0.6 is 0 Å². The Morgan fingerprint density at radius 2 is 1.64 bits per heavy atom. The molecule has 2 aliphatic carbocycles. The highest BCUT2D eigenvalue weighted by atomic mass is 16.6. The fraction of sp³-hybridized carbons (Fsp3) is 0.545. The zero-order valence-electron chi connectivity index (χ0n) is 39.2. The van der Waals surface area contributed by atoms with Crippen LogP contribution in [0, 0.1) is 23.7 Å². The number of aliphatic hydroxyl groups excluding tert-OH is 3. The Bertz CT molecular complexity index is 2410. The van der Waals surface area contributed by atoms with E-state index in [1.54, 1.807) is 14.0 Å². The van der Waals surface area contributed by atoms with Crippen LogP contribution in [-0.2, 0) is 38.4 Å². The molecule has 7 N–H and O–H groups in total. The average molecular weight is 917 g/mol. The molecule has 3 aliphatic heterocycles. The average Bonchev–Trinajstić information content (AvgIpc) is 3.30. The Balaban J connectivity index is 1.37. The summed E-state index contributed by atoms with van der Waals surface area (Å²) in [5.74, 6) is 3.77. The van der Waals surface area contributed by atoms with Crippen LogP contribution in [0.2, 0.25) is 0 Å². The van der Waals surface area contributed by atoms with E-state index in [1.165, 1.54) is 6.08 Å². The number of ketones is 1. The zero-order valence-corrected chi connectivity index (χ0v) is 39.2. The van der Waals surface area contributed by atoms with Crippen molar-refractivity contribution in [3.63, 3.8) is 0 Å². The van der Waals surface area contributed by atoms with Crippen LogP contribution in [-0.4, -0.2) is 87.3 Å². The molecular formula is C55H68N2O10. The lowest BCUT2D eigenvalue weighted by Gasteiger charge is -2.45. The molecule has 2 fully saturated rings. The van der Waals surface area contributed by atoms with Crippen molar-refractivity contribution in [1.29, 1.82) is 0 Å². The second kappa shape index (κ2) is 21.1.